The molecule has 1 aliphatic rings. The summed E-state index contributed by atoms with van der Waals surface area (Å²) in [6.45, 7) is 3.44. The standard InChI is InChI=1S/C26H26N4O5S2/c1-3-29(19-11-13-37(33,34)16-19)23(31)15-35-26(32)20-14-21(22-10-7-12-36-22)27-25-24(20)17(2)28-30(25)18-8-5-4-6-9-18/h4-10,12,14,19H,3,11,13,15-16H2,1-2H3/t19-/m1/s1. The van der Waals surface area contributed by atoms with Crippen LogP contribution in [0.15, 0.2) is 53.9 Å². The van der Waals surface area contributed by atoms with Crippen LogP contribution in [0.4, 0.5) is 0 Å². The number of carbonyl (C=O) groups is 2. The molecule has 4 aromatic rings. The average molecular weight is 539 g/mol. The molecule has 37 heavy (non-hydrogen) atoms. The number of hydrogen-bond donors (Lipinski definition) is 0. The maximum Gasteiger partial charge on any atom is 0.339 e. The van der Waals surface area contributed by atoms with Gasteiger partial charge in [-0.3, -0.25) is 4.79 Å². The monoisotopic (exact) mass is 538 g/mol. The van der Waals surface area contributed by atoms with Crippen molar-refractivity contribution in [1.82, 2.24) is 19.7 Å². The van der Waals surface area contributed by atoms with Crippen LogP contribution in [0.3, 0.4) is 0 Å². The highest BCUT2D eigenvalue weighted by Crippen LogP contribution is 2.31. The maximum absolute atomic E-state index is 13.4. The number of esters is 1. The van der Waals surface area contributed by atoms with Crippen molar-refractivity contribution in [3.05, 3.63) is 65.2 Å². The summed E-state index contributed by atoms with van der Waals surface area (Å²) in [6.07, 6.45) is 0.392. The molecule has 1 amide bonds. The summed E-state index contributed by atoms with van der Waals surface area (Å²) in [5.41, 5.74) is 2.79. The Labute approximate surface area is 218 Å². The van der Waals surface area contributed by atoms with Crippen LogP contribution < -0.4 is 0 Å². The van der Waals surface area contributed by atoms with Crippen molar-refractivity contribution in [3.63, 3.8) is 0 Å². The Hall–Kier alpha value is -3.57. The topological polar surface area (TPSA) is 111 Å². The molecule has 0 aliphatic carbocycles. The van der Waals surface area contributed by atoms with Gasteiger partial charge in [-0.25, -0.2) is 22.9 Å². The van der Waals surface area contributed by atoms with Gasteiger partial charge in [-0.05, 0) is 49.9 Å². The molecule has 192 valence electrons. The molecule has 1 saturated heterocycles. The Balaban J connectivity index is 1.48. The molecule has 0 radical (unpaired) electrons. The van der Waals surface area contributed by atoms with Gasteiger partial charge in [0.1, 0.15) is 0 Å². The first-order valence-electron chi connectivity index (χ1n) is 11.9. The van der Waals surface area contributed by atoms with E-state index in [2.05, 4.69) is 5.10 Å². The number of amides is 1. The van der Waals surface area contributed by atoms with Gasteiger partial charge in [-0.2, -0.15) is 5.10 Å². The highest BCUT2D eigenvalue weighted by Gasteiger charge is 2.34. The highest BCUT2D eigenvalue weighted by atomic mass is 32.2. The van der Waals surface area contributed by atoms with Gasteiger partial charge in [-0.15, -0.1) is 11.3 Å². The normalized spacial score (nSPS) is 16.6. The number of benzene rings is 1. The third kappa shape index (κ3) is 5.01. The summed E-state index contributed by atoms with van der Waals surface area (Å²) < 4.78 is 31.0. The second-order valence-corrected chi connectivity index (χ2v) is 12.1. The molecule has 1 aliphatic heterocycles. The van der Waals surface area contributed by atoms with Crippen molar-refractivity contribution in [3.8, 4) is 16.3 Å². The smallest absolute Gasteiger partial charge is 0.339 e. The minimum Gasteiger partial charge on any atom is -0.452 e. The number of para-hydroxylation sites is 1. The van der Waals surface area contributed by atoms with E-state index in [4.69, 9.17) is 9.72 Å². The van der Waals surface area contributed by atoms with Crippen molar-refractivity contribution in [2.45, 2.75) is 26.3 Å². The van der Waals surface area contributed by atoms with Crippen molar-refractivity contribution >= 4 is 44.1 Å². The van der Waals surface area contributed by atoms with E-state index in [0.717, 1.165) is 10.6 Å². The predicted molar refractivity (Wildman–Crippen MR) is 142 cm³/mol. The van der Waals surface area contributed by atoms with Gasteiger partial charge in [0.25, 0.3) is 5.91 Å². The van der Waals surface area contributed by atoms with E-state index < -0.39 is 34.4 Å². The minimum atomic E-state index is -3.15. The molecule has 11 heteroatoms. The number of pyridine rings is 1. The molecule has 9 nitrogen and oxygen atoms in total. The quantitative estimate of drug-likeness (QED) is 0.330. The van der Waals surface area contributed by atoms with Gasteiger partial charge in [0, 0.05) is 12.6 Å². The van der Waals surface area contributed by atoms with Crippen molar-refractivity contribution in [2.75, 3.05) is 24.7 Å². The summed E-state index contributed by atoms with van der Waals surface area (Å²) >= 11 is 1.50. The number of carbonyl (C=O) groups excluding carboxylic acids is 2. The number of likely N-dealkylation sites (N-methyl/N-ethyl adjacent to an activating group) is 1. The molecule has 1 aromatic carbocycles. The third-order valence-electron chi connectivity index (χ3n) is 6.44. The van der Waals surface area contributed by atoms with E-state index in [0.29, 0.717) is 35.4 Å². The highest BCUT2D eigenvalue weighted by molar-refractivity contribution is 7.91. The number of thiophene rings is 1. The van der Waals surface area contributed by atoms with E-state index >= 15 is 0 Å². The molecule has 0 spiro atoms. The lowest BCUT2D eigenvalue weighted by molar-refractivity contribution is -0.136. The summed E-state index contributed by atoms with van der Waals surface area (Å²) in [5, 5.41) is 7.13. The summed E-state index contributed by atoms with van der Waals surface area (Å²) in [5.74, 6) is -1.08. The number of fused-ring (bicyclic) bond motifs is 1. The van der Waals surface area contributed by atoms with Crippen LogP contribution in [0.1, 0.15) is 29.4 Å². The Kier molecular flexibility index (Phi) is 6.82. The molecule has 1 fully saturated rings. The van der Waals surface area contributed by atoms with Crippen LogP contribution in [-0.2, 0) is 19.4 Å². The maximum atomic E-state index is 13.4. The van der Waals surface area contributed by atoms with E-state index in [-0.39, 0.29) is 17.1 Å². The SMILES string of the molecule is CCN(C(=O)COC(=O)c1cc(-c2cccs2)nc2c1c(C)nn2-c1ccccc1)[C@@H]1CCS(=O)(=O)C1. The van der Waals surface area contributed by atoms with Crippen LogP contribution in [-0.4, -0.2) is 70.7 Å². The number of rotatable bonds is 7. The van der Waals surface area contributed by atoms with E-state index in [1.165, 1.54) is 16.2 Å². The zero-order chi connectivity index (χ0) is 26.2. The molecule has 0 N–H and O–H groups in total. The van der Waals surface area contributed by atoms with Crippen LogP contribution >= 0.6 is 11.3 Å². The van der Waals surface area contributed by atoms with Gasteiger partial charge in [0.2, 0.25) is 0 Å². The van der Waals surface area contributed by atoms with Gasteiger partial charge in [0.15, 0.2) is 22.1 Å². The summed E-state index contributed by atoms with van der Waals surface area (Å²) in [7, 11) is -3.15. The molecule has 5 rings (SSSR count). The first-order chi connectivity index (χ1) is 17.8. The molecule has 0 saturated carbocycles. The average Bonchev–Trinajstić information content (AvgIpc) is 3.63. The molecule has 0 bridgehead atoms. The van der Waals surface area contributed by atoms with Crippen LogP contribution in [0.25, 0.3) is 27.3 Å². The van der Waals surface area contributed by atoms with Crippen molar-refractivity contribution in [1.29, 1.82) is 0 Å². The Morgan fingerprint density at radius 1 is 1.19 bits per heavy atom. The summed E-state index contributed by atoms with van der Waals surface area (Å²) in [6, 6.07) is 14.6. The molecule has 0 unspecified atom stereocenters. The number of sulfone groups is 1. The Morgan fingerprint density at radius 2 is 1.97 bits per heavy atom. The Morgan fingerprint density at radius 3 is 2.62 bits per heavy atom. The Bertz CT molecular complexity index is 1560. The van der Waals surface area contributed by atoms with Gasteiger partial charge in [0.05, 0.1) is 44.4 Å². The lowest BCUT2D eigenvalue weighted by atomic mass is 10.1. The molecule has 1 atom stereocenters. The largest absolute Gasteiger partial charge is 0.452 e. The first kappa shape index (κ1) is 25.1. The third-order valence-corrected chi connectivity index (χ3v) is 9.09. The number of aromatic nitrogens is 3. The van der Waals surface area contributed by atoms with Gasteiger partial charge < -0.3 is 9.64 Å². The van der Waals surface area contributed by atoms with Gasteiger partial charge >= 0.3 is 5.97 Å². The minimum absolute atomic E-state index is 0.0619. The van der Waals surface area contributed by atoms with Gasteiger partial charge in [-0.1, -0.05) is 24.3 Å². The molecular formula is C26H26N4O5S2. The lowest BCUT2D eigenvalue weighted by Crippen LogP contribution is -2.43. The number of aryl methyl sites for hydroxylation is 1. The summed E-state index contributed by atoms with van der Waals surface area (Å²) in [4.78, 5) is 33.5. The fourth-order valence-corrected chi connectivity index (χ4v) is 7.11. The molecule has 4 heterocycles. The number of hydrogen-bond acceptors (Lipinski definition) is 8. The lowest BCUT2D eigenvalue weighted by Gasteiger charge is -2.26. The fourth-order valence-electron chi connectivity index (χ4n) is 4.70. The second-order valence-electron chi connectivity index (χ2n) is 8.88. The predicted octanol–water partition coefficient (Wildman–Crippen LogP) is 3.65. The van der Waals surface area contributed by atoms with Crippen LogP contribution in [0.2, 0.25) is 0 Å². The number of ether oxygens (including phenoxy) is 1. The fraction of sp³-hybridized carbons (Fsp3) is 0.308. The second kappa shape index (κ2) is 10.1. The number of nitrogens with zero attached hydrogens (tertiary/aromatic N) is 4. The van der Waals surface area contributed by atoms with E-state index in [1.54, 1.807) is 24.6 Å². The first-order valence-corrected chi connectivity index (χ1v) is 14.6. The molecular weight excluding hydrogens is 512 g/mol. The van der Waals surface area contributed by atoms with Crippen LogP contribution in [0.5, 0.6) is 0 Å². The van der Waals surface area contributed by atoms with Crippen molar-refractivity contribution < 1.29 is 22.7 Å². The van der Waals surface area contributed by atoms with E-state index in [9.17, 15) is 18.0 Å². The van der Waals surface area contributed by atoms with Crippen LogP contribution in [0, 0.1) is 6.92 Å². The molecule has 3 aromatic heterocycles. The zero-order valence-electron chi connectivity index (χ0n) is 20.5. The zero-order valence-corrected chi connectivity index (χ0v) is 22.1. The van der Waals surface area contributed by atoms with Crippen molar-refractivity contribution in [2.24, 2.45) is 0 Å². The van der Waals surface area contributed by atoms with E-state index in [1.807, 2.05) is 47.8 Å².